The van der Waals surface area contributed by atoms with Crippen LogP contribution in [0.25, 0.3) is 22.3 Å². The van der Waals surface area contributed by atoms with Crippen LogP contribution in [-0.2, 0) is 0 Å². The molecular weight excluding hydrogens is 418 g/mol. The van der Waals surface area contributed by atoms with Gasteiger partial charge in [0.1, 0.15) is 0 Å². The van der Waals surface area contributed by atoms with Crippen molar-refractivity contribution in [2.24, 2.45) is 0 Å². The molecule has 0 aliphatic carbocycles. The average molecular weight is 434 g/mol. The van der Waals surface area contributed by atoms with Crippen molar-refractivity contribution in [3.05, 3.63) is 98.7 Å². The number of nitrogens with one attached hydrogen (secondary N) is 1. The number of hydrogen-bond donors (Lipinski definition) is 1. The first kappa shape index (κ1) is 18.1. The van der Waals surface area contributed by atoms with Gasteiger partial charge in [0.2, 0.25) is 0 Å². The summed E-state index contributed by atoms with van der Waals surface area (Å²) in [6, 6.07) is 21.7. The van der Waals surface area contributed by atoms with Crippen molar-refractivity contribution in [2.45, 2.75) is 6.92 Å². The summed E-state index contributed by atoms with van der Waals surface area (Å²) in [4.78, 5) is 30.5. The first-order valence-corrected chi connectivity index (χ1v) is 9.48. The van der Waals surface area contributed by atoms with Crippen LogP contribution in [0.2, 0.25) is 0 Å². The van der Waals surface area contributed by atoms with Crippen LogP contribution in [0.3, 0.4) is 0 Å². The molecule has 0 fully saturated rings. The van der Waals surface area contributed by atoms with Gasteiger partial charge in [0.25, 0.3) is 11.5 Å². The van der Waals surface area contributed by atoms with Crippen molar-refractivity contribution in [1.29, 1.82) is 0 Å². The van der Waals surface area contributed by atoms with Gasteiger partial charge in [-0.25, -0.2) is 4.98 Å². The van der Waals surface area contributed by atoms with Crippen LogP contribution in [0.1, 0.15) is 15.9 Å². The number of nitrogens with zero attached hydrogens (tertiary/aromatic N) is 2. The minimum atomic E-state index is -0.377. The fraction of sp³-hybridized carbons (Fsp3) is 0.0455. The van der Waals surface area contributed by atoms with Gasteiger partial charge in [0.05, 0.1) is 10.9 Å². The third-order valence-electron chi connectivity index (χ3n) is 4.41. The lowest BCUT2D eigenvalue weighted by atomic mass is 10.1. The molecule has 0 saturated carbocycles. The number of para-hydroxylation sites is 1. The lowest BCUT2D eigenvalue weighted by Crippen LogP contribution is -2.35. The second kappa shape index (κ2) is 7.40. The van der Waals surface area contributed by atoms with Gasteiger partial charge in [-0.2, -0.15) is 4.68 Å². The number of fused-ring (bicyclic) bond motifs is 1. The monoisotopic (exact) mass is 433 g/mol. The van der Waals surface area contributed by atoms with E-state index in [4.69, 9.17) is 0 Å². The van der Waals surface area contributed by atoms with Crippen LogP contribution < -0.4 is 11.0 Å². The summed E-state index contributed by atoms with van der Waals surface area (Å²) in [7, 11) is 0. The number of rotatable bonds is 3. The molecule has 0 aliphatic heterocycles. The van der Waals surface area contributed by atoms with Gasteiger partial charge in [0, 0.05) is 15.6 Å². The Morgan fingerprint density at radius 2 is 1.64 bits per heavy atom. The highest BCUT2D eigenvalue weighted by molar-refractivity contribution is 9.10. The maximum absolute atomic E-state index is 13.1. The molecular formula is C22H16BrN3O2. The van der Waals surface area contributed by atoms with Crippen LogP contribution in [0.15, 0.2) is 82.1 Å². The Morgan fingerprint density at radius 1 is 0.964 bits per heavy atom. The van der Waals surface area contributed by atoms with E-state index >= 15 is 0 Å². The summed E-state index contributed by atoms with van der Waals surface area (Å²) in [6.45, 7) is 1.95. The fourth-order valence-corrected chi connectivity index (χ4v) is 3.16. The van der Waals surface area contributed by atoms with Crippen LogP contribution in [0.5, 0.6) is 0 Å². The Kier molecular flexibility index (Phi) is 4.79. The molecule has 3 aromatic carbocycles. The predicted molar refractivity (Wildman–Crippen MR) is 114 cm³/mol. The van der Waals surface area contributed by atoms with E-state index in [1.54, 1.807) is 30.3 Å². The molecule has 0 unspecified atom stereocenters. The molecule has 5 nitrogen and oxygen atoms in total. The minimum absolute atomic E-state index is 0.330. The number of aryl methyl sites for hydroxylation is 1. The summed E-state index contributed by atoms with van der Waals surface area (Å²) < 4.78 is 2.13. The molecule has 0 bridgehead atoms. The molecule has 138 valence electrons. The van der Waals surface area contributed by atoms with Gasteiger partial charge in [-0.15, -0.1) is 0 Å². The van der Waals surface area contributed by atoms with Gasteiger partial charge in [-0.1, -0.05) is 57.9 Å². The highest BCUT2D eigenvalue weighted by Gasteiger charge is 2.15. The molecule has 4 rings (SSSR count). The maximum Gasteiger partial charge on any atom is 0.280 e. The average Bonchev–Trinajstić information content (AvgIpc) is 2.71. The second-order valence-electron chi connectivity index (χ2n) is 6.41. The highest BCUT2D eigenvalue weighted by atomic mass is 79.9. The Balaban J connectivity index is 1.87. The van der Waals surface area contributed by atoms with Crippen molar-refractivity contribution in [3.8, 4) is 11.4 Å². The SMILES string of the molecule is Cc1ccc(C(=O)Nn2c(-c3ccc(Br)cc3)nc3ccccc3c2=O)cc1. The number of halogens is 1. The molecule has 0 saturated heterocycles. The molecule has 0 atom stereocenters. The molecule has 0 radical (unpaired) electrons. The third-order valence-corrected chi connectivity index (χ3v) is 4.93. The third kappa shape index (κ3) is 3.46. The Bertz CT molecular complexity index is 1230. The smallest absolute Gasteiger partial charge is 0.267 e. The lowest BCUT2D eigenvalue weighted by Gasteiger charge is -2.15. The molecule has 4 aromatic rings. The van der Waals surface area contributed by atoms with Crippen LogP contribution in [0, 0.1) is 6.92 Å². The molecule has 1 amide bonds. The van der Waals surface area contributed by atoms with Gasteiger partial charge < -0.3 is 0 Å². The zero-order valence-electron chi connectivity index (χ0n) is 15.0. The number of amides is 1. The van der Waals surface area contributed by atoms with E-state index in [0.717, 1.165) is 15.6 Å². The van der Waals surface area contributed by atoms with E-state index in [2.05, 4.69) is 26.3 Å². The molecule has 1 aromatic heterocycles. The van der Waals surface area contributed by atoms with E-state index in [-0.39, 0.29) is 11.5 Å². The predicted octanol–water partition coefficient (Wildman–Crippen LogP) is 4.52. The van der Waals surface area contributed by atoms with E-state index in [1.807, 2.05) is 49.4 Å². The number of aromatic nitrogens is 2. The number of benzene rings is 3. The Morgan fingerprint density at radius 3 is 2.36 bits per heavy atom. The van der Waals surface area contributed by atoms with Crippen LogP contribution >= 0.6 is 15.9 Å². The first-order valence-electron chi connectivity index (χ1n) is 8.69. The largest absolute Gasteiger partial charge is 0.280 e. The molecule has 1 heterocycles. The quantitative estimate of drug-likeness (QED) is 0.516. The van der Waals surface area contributed by atoms with E-state index in [1.165, 1.54) is 4.68 Å². The minimum Gasteiger partial charge on any atom is -0.267 e. The summed E-state index contributed by atoms with van der Waals surface area (Å²) in [5.41, 5.74) is 5.19. The van der Waals surface area contributed by atoms with E-state index in [9.17, 15) is 9.59 Å². The highest BCUT2D eigenvalue weighted by Crippen LogP contribution is 2.21. The second-order valence-corrected chi connectivity index (χ2v) is 7.32. The van der Waals surface area contributed by atoms with E-state index in [0.29, 0.717) is 22.3 Å². The van der Waals surface area contributed by atoms with E-state index < -0.39 is 0 Å². The summed E-state index contributed by atoms with van der Waals surface area (Å²) >= 11 is 3.41. The van der Waals surface area contributed by atoms with Gasteiger partial charge in [-0.3, -0.25) is 15.0 Å². The summed E-state index contributed by atoms with van der Waals surface area (Å²) in [5.74, 6) is -0.00537. The van der Waals surface area contributed by atoms with Crippen molar-refractivity contribution in [2.75, 3.05) is 5.43 Å². The normalized spacial score (nSPS) is 10.8. The molecule has 6 heteroatoms. The van der Waals surface area contributed by atoms with Crippen molar-refractivity contribution in [1.82, 2.24) is 9.66 Å². The number of hydrogen-bond acceptors (Lipinski definition) is 3. The van der Waals surface area contributed by atoms with Gasteiger partial charge >= 0.3 is 0 Å². The lowest BCUT2D eigenvalue weighted by molar-refractivity contribution is 0.101. The van der Waals surface area contributed by atoms with Crippen molar-refractivity contribution in [3.63, 3.8) is 0 Å². The summed E-state index contributed by atoms with van der Waals surface area (Å²) in [6.07, 6.45) is 0. The Hall–Kier alpha value is -3.25. The maximum atomic E-state index is 13.1. The summed E-state index contributed by atoms with van der Waals surface area (Å²) in [5, 5.41) is 0.438. The van der Waals surface area contributed by atoms with Crippen LogP contribution in [-0.4, -0.2) is 15.6 Å². The van der Waals surface area contributed by atoms with Crippen molar-refractivity contribution < 1.29 is 4.79 Å². The van der Waals surface area contributed by atoms with Gasteiger partial charge in [-0.05, 0) is 43.3 Å². The first-order chi connectivity index (χ1) is 13.5. The van der Waals surface area contributed by atoms with Gasteiger partial charge in [0.15, 0.2) is 5.82 Å². The number of carbonyl (C=O) groups excluding carboxylic acids is 1. The fourth-order valence-electron chi connectivity index (χ4n) is 2.90. The molecule has 28 heavy (non-hydrogen) atoms. The standard InChI is InChI=1S/C22H16BrN3O2/c1-14-6-8-16(9-7-14)21(27)25-26-20(15-10-12-17(23)13-11-15)24-19-5-3-2-4-18(19)22(26)28/h2-13H,1H3,(H,25,27). The zero-order chi connectivity index (χ0) is 19.7. The van der Waals surface area contributed by atoms with Crippen molar-refractivity contribution >= 4 is 32.7 Å². The topological polar surface area (TPSA) is 64.0 Å². The van der Waals surface area contributed by atoms with Crippen LogP contribution in [0.4, 0.5) is 0 Å². The molecule has 1 N–H and O–H groups in total. The molecule has 0 aliphatic rings. The molecule has 0 spiro atoms. The Labute approximate surface area is 169 Å². The number of carbonyl (C=O) groups is 1. The zero-order valence-corrected chi connectivity index (χ0v) is 16.6.